The molecule has 0 aliphatic heterocycles. The second kappa shape index (κ2) is 7.18. The summed E-state index contributed by atoms with van der Waals surface area (Å²) in [5.74, 6) is -0.0836. The molecule has 2 rings (SSSR count). The molecule has 0 aromatic heterocycles. The number of methoxy groups -OCH3 is 1. The maximum atomic E-state index is 11.5. The van der Waals surface area contributed by atoms with Crippen molar-refractivity contribution >= 4 is 17.7 Å². The van der Waals surface area contributed by atoms with Crippen molar-refractivity contribution in [3.05, 3.63) is 59.7 Å². The molecule has 2 aromatic rings. The van der Waals surface area contributed by atoms with Crippen LogP contribution in [0.4, 0.5) is 0 Å². The summed E-state index contributed by atoms with van der Waals surface area (Å²) in [4.78, 5) is 12.5. The molecule has 0 saturated carbocycles. The molecule has 0 bridgehead atoms. The molecule has 2 aromatic carbocycles. The zero-order chi connectivity index (χ0) is 15.2. The maximum absolute atomic E-state index is 11.5. The topological polar surface area (TPSA) is 46.5 Å². The third-order valence-corrected chi connectivity index (χ3v) is 4.37. The molecule has 0 radical (unpaired) electrons. The van der Waals surface area contributed by atoms with Gasteiger partial charge in [-0.15, -0.1) is 11.8 Å². The highest BCUT2D eigenvalue weighted by Gasteiger charge is 2.21. The average Bonchev–Trinajstić information content (AvgIpc) is 2.49. The lowest BCUT2D eigenvalue weighted by molar-refractivity contribution is -0.136. The average molecular weight is 302 g/mol. The Labute approximate surface area is 129 Å². The predicted octanol–water partition coefficient (Wildman–Crippen LogP) is 3.79. The number of carbonyl (C=O) groups is 1. The highest BCUT2D eigenvalue weighted by atomic mass is 32.2. The van der Waals surface area contributed by atoms with E-state index in [0.717, 1.165) is 21.8 Å². The van der Waals surface area contributed by atoms with E-state index in [1.165, 1.54) is 11.8 Å². The molecule has 1 atom stereocenters. The van der Waals surface area contributed by atoms with Gasteiger partial charge in [-0.25, -0.2) is 0 Å². The third-order valence-electron chi connectivity index (χ3n) is 3.17. The summed E-state index contributed by atoms with van der Waals surface area (Å²) in [5, 5.41) is 8.91. The molecule has 0 heterocycles. The fourth-order valence-electron chi connectivity index (χ4n) is 2.03. The minimum absolute atomic E-state index is 0.428. The first kappa shape index (κ1) is 15.4. The first-order valence-corrected chi connectivity index (χ1v) is 7.56. The molecule has 1 N–H and O–H groups in total. The molecule has 0 saturated heterocycles. The fraction of sp³-hybridized carbons (Fsp3) is 0.235. The van der Waals surface area contributed by atoms with Gasteiger partial charge in [0.05, 0.1) is 7.11 Å². The molecule has 0 spiro atoms. The first-order chi connectivity index (χ1) is 10.1. The van der Waals surface area contributed by atoms with Crippen LogP contribution in [0.15, 0.2) is 53.4 Å². The summed E-state index contributed by atoms with van der Waals surface area (Å²) < 4.78 is 5.29. The summed E-state index contributed by atoms with van der Waals surface area (Å²) in [6, 6.07) is 15.4. The van der Waals surface area contributed by atoms with Crippen molar-refractivity contribution < 1.29 is 14.6 Å². The van der Waals surface area contributed by atoms with Crippen LogP contribution in [0.25, 0.3) is 0 Å². The molecule has 0 fully saturated rings. The minimum Gasteiger partial charge on any atom is -0.496 e. The van der Waals surface area contributed by atoms with Crippen LogP contribution in [0, 0.1) is 6.92 Å². The number of benzene rings is 2. The van der Waals surface area contributed by atoms with Crippen molar-refractivity contribution in [3.8, 4) is 5.75 Å². The monoisotopic (exact) mass is 302 g/mol. The highest BCUT2D eigenvalue weighted by molar-refractivity contribution is 8.00. The van der Waals surface area contributed by atoms with E-state index in [4.69, 9.17) is 4.74 Å². The Balaban J connectivity index is 2.16. The van der Waals surface area contributed by atoms with E-state index in [9.17, 15) is 9.90 Å². The Kier molecular flexibility index (Phi) is 5.28. The normalized spacial score (nSPS) is 11.9. The first-order valence-electron chi connectivity index (χ1n) is 6.68. The number of carboxylic acid groups (broad SMARTS) is 1. The number of thioether (sulfide) groups is 1. The molecule has 4 heteroatoms. The second-order valence-corrected chi connectivity index (χ2v) is 6.05. The number of aliphatic carboxylic acids is 1. The van der Waals surface area contributed by atoms with E-state index in [2.05, 4.69) is 0 Å². The molecular formula is C17H18O3S. The maximum Gasteiger partial charge on any atom is 0.317 e. The predicted molar refractivity (Wildman–Crippen MR) is 85.2 cm³/mol. The lowest BCUT2D eigenvalue weighted by Crippen LogP contribution is -2.19. The smallest absolute Gasteiger partial charge is 0.317 e. The number of aryl methyl sites for hydroxylation is 1. The summed E-state index contributed by atoms with van der Waals surface area (Å²) >= 11 is 1.36. The van der Waals surface area contributed by atoms with E-state index >= 15 is 0 Å². The number of para-hydroxylation sites is 1. The Morgan fingerprint density at radius 3 is 2.48 bits per heavy atom. The van der Waals surface area contributed by atoms with Crippen LogP contribution >= 0.6 is 11.8 Å². The Bertz CT molecular complexity index is 608. The Morgan fingerprint density at radius 2 is 1.86 bits per heavy atom. The number of hydrogen-bond acceptors (Lipinski definition) is 3. The van der Waals surface area contributed by atoms with Crippen LogP contribution in [0.3, 0.4) is 0 Å². The largest absolute Gasteiger partial charge is 0.496 e. The number of carboxylic acids is 1. The van der Waals surface area contributed by atoms with Crippen molar-refractivity contribution in [1.29, 1.82) is 0 Å². The highest BCUT2D eigenvalue weighted by Crippen LogP contribution is 2.29. The summed E-state index contributed by atoms with van der Waals surface area (Å²) in [6.07, 6.45) is 0.428. The van der Waals surface area contributed by atoms with Crippen LogP contribution in [-0.4, -0.2) is 23.4 Å². The van der Waals surface area contributed by atoms with E-state index in [1.54, 1.807) is 7.11 Å². The zero-order valence-electron chi connectivity index (χ0n) is 12.1. The molecule has 0 unspecified atom stereocenters. The fourth-order valence-corrected chi connectivity index (χ4v) is 3.02. The van der Waals surface area contributed by atoms with Crippen molar-refractivity contribution in [2.24, 2.45) is 0 Å². The van der Waals surface area contributed by atoms with Crippen molar-refractivity contribution in [1.82, 2.24) is 0 Å². The molecule has 0 amide bonds. The van der Waals surface area contributed by atoms with Gasteiger partial charge in [0.1, 0.15) is 11.0 Å². The lowest BCUT2D eigenvalue weighted by atomic mass is 10.1. The Hall–Kier alpha value is -1.94. The van der Waals surface area contributed by atoms with Gasteiger partial charge in [-0.2, -0.15) is 0 Å². The summed E-state index contributed by atoms with van der Waals surface area (Å²) in [7, 11) is 1.60. The van der Waals surface area contributed by atoms with Gasteiger partial charge in [-0.1, -0.05) is 35.9 Å². The molecule has 0 aliphatic carbocycles. The minimum atomic E-state index is -0.813. The van der Waals surface area contributed by atoms with Crippen LogP contribution in [-0.2, 0) is 11.2 Å². The number of ether oxygens (including phenoxy) is 1. The SMILES string of the molecule is COc1ccccc1C[C@H](Sc1ccc(C)cc1)C(=O)O. The number of hydrogen-bond donors (Lipinski definition) is 1. The quantitative estimate of drug-likeness (QED) is 0.825. The Morgan fingerprint density at radius 1 is 1.19 bits per heavy atom. The second-order valence-electron chi connectivity index (χ2n) is 4.77. The van der Waals surface area contributed by atoms with E-state index in [1.807, 2.05) is 55.5 Å². The van der Waals surface area contributed by atoms with Crippen molar-refractivity contribution in [2.75, 3.05) is 7.11 Å². The van der Waals surface area contributed by atoms with Crippen molar-refractivity contribution in [3.63, 3.8) is 0 Å². The van der Waals surface area contributed by atoms with E-state index in [-0.39, 0.29) is 0 Å². The van der Waals surface area contributed by atoms with Gasteiger partial charge in [0.2, 0.25) is 0 Å². The molecule has 110 valence electrons. The number of rotatable bonds is 6. The van der Waals surface area contributed by atoms with Crippen LogP contribution in [0.5, 0.6) is 5.75 Å². The van der Waals surface area contributed by atoms with Gasteiger partial charge in [0.25, 0.3) is 0 Å². The standard InChI is InChI=1S/C17H18O3S/c1-12-7-9-14(10-8-12)21-16(17(18)19)11-13-5-3-4-6-15(13)20-2/h3-10,16H,11H2,1-2H3,(H,18,19)/t16-/m0/s1. The third kappa shape index (κ3) is 4.26. The molecular weight excluding hydrogens is 284 g/mol. The van der Waals surface area contributed by atoms with Gasteiger partial charge in [-0.3, -0.25) is 4.79 Å². The van der Waals surface area contributed by atoms with Crippen LogP contribution < -0.4 is 4.74 Å². The van der Waals surface area contributed by atoms with Gasteiger partial charge in [0, 0.05) is 4.90 Å². The molecule has 3 nitrogen and oxygen atoms in total. The molecule has 0 aliphatic rings. The van der Waals surface area contributed by atoms with Gasteiger partial charge in [-0.05, 0) is 37.1 Å². The van der Waals surface area contributed by atoms with Crippen LogP contribution in [0.2, 0.25) is 0 Å². The summed E-state index contributed by atoms with van der Waals surface area (Å²) in [5.41, 5.74) is 2.07. The lowest BCUT2D eigenvalue weighted by Gasteiger charge is -2.14. The van der Waals surface area contributed by atoms with E-state index in [0.29, 0.717) is 6.42 Å². The van der Waals surface area contributed by atoms with Crippen LogP contribution in [0.1, 0.15) is 11.1 Å². The molecule has 21 heavy (non-hydrogen) atoms. The van der Waals surface area contributed by atoms with Crippen molar-refractivity contribution in [2.45, 2.75) is 23.5 Å². The summed E-state index contributed by atoms with van der Waals surface area (Å²) in [6.45, 7) is 2.01. The van der Waals surface area contributed by atoms with Gasteiger partial charge < -0.3 is 9.84 Å². The zero-order valence-corrected chi connectivity index (χ0v) is 12.9. The van der Waals surface area contributed by atoms with Gasteiger partial charge >= 0.3 is 5.97 Å². The van der Waals surface area contributed by atoms with E-state index < -0.39 is 11.2 Å². The van der Waals surface area contributed by atoms with Gasteiger partial charge in [0.15, 0.2) is 0 Å².